The second-order valence-electron chi connectivity index (χ2n) is 3.19. The van der Waals surface area contributed by atoms with E-state index in [0.29, 0.717) is 12.8 Å². The van der Waals surface area contributed by atoms with E-state index < -0.39 is 5.97 Å². The fraction of sp³-hybridized carbons (Fsp3) is 0.846. The molecule has 0 aliphatic carbocycles. The van der Waals surface area contributed by atoms with Crippen molar-refractivity contribution >= 4 is 11.8 Å². The van der Waals surface area contributed by atoms with Crippen LogP contribution in [0.3, 0.4) is 0 Å². The minimum absolute atomic E-state index is 0. The summed E-state index contributed by atoms with van der Waals surface area (Å²) >= 11 is 0. The van der Waals surface area contributed by atoms with Crippen molar-refractivity contribution in [3.05, 3.63) is 0 Å². The molecular formula is C13H32O3. The molecule has 0 spiro atoms. The third-order valence-electron chi connectivity index (χ3n) is 2.17. The number of carbonyl (C=O) groups is 2. The zero-order valence-electron chi connectivity index (χ0n) is 7.83. The third kappa shape index (κ3) is 11.2. The van der Waals surface area contributed by atoms with Crippen molar-refractivity contribution in [3.63, 3.8) is 0 Å². The topological polar surface area (TPSA) is 54.4 Å². The largest absolute Gasteiger partial charge is 0.481 e. The lowest BCUT2D eigenvalue weighted by Crippen LogP contribution is -2.19. The summed E-state index contributed by atoms with van der Waals surface area (Å²) in [5.41, 5.74) is 0. The molecule has 0 radical (unpaired) electrons. The van der Waals surface area contributed by atoms with Crippen molar-refractivity contribution in [2.75, 3.05) is 0 Å². The van der Waals surface area contributed by atoms with Gasteiger partial charge in [0.05, 0.1) is 5.92 Å². The lowest BCUT2D eigenvalue weighted by Gasteiger charge is -2.12. The van der Waals surface area contributed by atoms with Crippen LogP contribution in [-0.4, -0.2) is 16.9 Å². The van der Waals surface area contributed by atoms with Gasteiger partial charge in [-0.2, -0.15) is 0 Å². The van der Waals surface area contributed by atoms with Crippen molar-refractivity contribution in [2.45, 2.75) is 63.3 Å². The summed E-state index contributed by atoms with van der Waals surface area (Å²) < 4.78 is 0. The van der Waals surface area contributed by atoms with Gasteiger partial charge in [-0.15, -0.1) is 0 Å². The van der Waals surface area contributed by atoms with Gasteiger partial charge in [0.2, 0.25) is 0 Å². The van der Waals surface area contributed by atoms with Crippen LogP contribution in [0, 0.1) is 11.8 Å². The molecule has 0 amide bonds. The molecule has 0 aromatic rings. The SMILES string of the molecule is C.C.C.C.CCC(CC(C)C(C)=O)C(=O)O. The highest BCUT2D eigenvalue weighted by Crippen LogP contribution is 2.16. The summed E-state index contributed by atoms with van der Waals surface area (Å²) in [6.07, 6.45) is 1.05. The molecule has 16 heavy (non-hydrogen) atoms. The summed E-state index contributed by atoms with van der Waals surface area (Å²) in [5, 5.41) is 8.69. The Kier molecular flexibility index (Phi) is 26.0. The summed E-state index contributed by atoms with van der Waals surface area (Å²) in [7, 11) is 0. The highest BCUT2D eigenvalue weighted by Gasteiger charge is 2.20. The van der Waals surface area contributed by atoms with Gasteiger partial charge >= 0.3 is 5.97 Å². The first kappa shape index (κ1) is 29.4. The maximum atomic E-state index is 10.8. The molecular weight excluding hydrogens is 204 g/mol. The van der Waals surface area contributed by atoms with Gasteiger partial charge in [-0.3, -0.25) is 9.59 Å². The molecule has 0 aliphatic heterocycles. The van der Waals surface area contributed by atoms with Gasteiger partial charge in [-0.1, -0.05) is 43.6 Å². The molecule has 0 heterocycles. The second-order valence-corrected chi connectivity index (χ2v) is 3.19. The molecule has 0 rings (SSSR count). The van der Waals surface area contributed by atoms with Crippen LogP contribution in [0.1, 0.15) is 63.3 Å². The van der Waals surface area contributed by atoms with Gasteiger partial charge in [0.1, 0.15) is 5.78 Å². The van der Waals surface area contributed by atoms with E-state index >= 15 is 0 Å². The highest BCUT2D eigenvalue weighted by atomic mass is 16.4. The van der Waals surface area contributed by atoms with E-state index in [1.807, 2.05) is 6.92 Å². The molecule has 0 saturated heterocycles. The lowest BCUT2D eigenvalue weighted by molar-refractivity contribution is -0.142. The summed E-state index contributed by atoms with van der Waals surface area (Å²) in [4.78, 5) is 21.4. The molecule has 0 saturated carbocycles. The highest BCUT2D eigenvalue weighted by molar-refractivity contribution is 5.79. The number of aliphatic carboxylic acids is 1. The molecule has 102 valence electrons. The fourth-order valence-electron chi connectivity index (χ4n) is 1.03. The molecule has 0 aromatic carbocycles. The zero-order valence-corrected chi connectivity index (χ0v) is 7.83. The van der Waals surface area contributed by atoms with Gasteiger partial charge in [0.15, 0.2) is 0 Å². The Hall–Kier alpha value is -0.860. The number of rotatable bonds is 5. The van der Waals surface area contributed by atoms with Crippen molar-refractivity contribution in [1.82, 2.24) is 0 Å². The van der Waals surface area contributed by atoms with E-state index in [1.54, 1.807) is 6.92 Å². The van der Waals surface area contributed by atoms with Gasteiger partial charge in [0, 0.05) is 5.92 Å². The zero-order chi connectivity index (χ0) is 9.72. The van der Waals surface area contributed by atoms with E-state index in [0.717, 1.165) is 0 Å². The normalized spacial score (nSPS) is 11.4. The van der Waals surface area contributed by atoms with Gasteiger partial charge in [-0.25, -0.2) is 0 Å². The molecule has 0 fully saturated rings. The van der Waals surface area contributed by atoms with Crippen molar-refractivity contribution < 1.29 is 14.7 Å². The average Bonchev–Trinajstić information content (AvgIpc) is 1.98. The minimum atomic E-state index is -0.800. The first-order chi connectivity index (χ1) is 5.49. The monoisotopic (exact) mass is 236 g/mol. The summed E-state index contributed by atoms with van der Waals surface area (Å²) in [5.74, 6) is -1.24. The smallest absolute Gasteiger partial charge is 0.306 e. The van der Waals surface area contributed by atoms with Gasteiger partial charge in [0.25, 0.3) is 0 Å². The number of carboxylic acids is 1. The maximum absolute atomic E-state index is 10.8. The van der Waals surface area contributed by atoms with E-state index in [9.17, 15) is 9.59 Å². The van der Waals surface area contributed by atoms with Gasteiger partial charge < -0.3 is 5.11 Å². The predicted molar refractivity (Wildman–Crippen MR) is 72.8 cm³/mol. The van der Waals surface area contributed by atoms with Crippen LogP contribution in [0.4, 0.5) is 0 Å². The van der Waals surface area contributed by atoms with E-state index in [4.69, 9.17) is 5.11 Å². The van der Waals surface area contributed by atoms with E-state index in [-0.39, 0.29) is 47.3 Å². The van der Waals surface area contributed by atoms with Crippen LogP contribution in [-0.2, 0) is 9.59 Å². The third-order valence-corrected chi connectivity index (χ3v) is 2.17. The molecule has 0 aliphatic rings. The molecule has 0 bridgehead atoms. The summed E-state index contributed by atoms with van der Waals surface area (Å²) in [6.45, 7) is 5.10. The first-order valence-electron chi connectivity index (χ1n) is 4.22. The Morgan fingerprint density at radius 2 is 1.50 bits per heavy atom. The van der Waals surface area contributed by atoms with Crippen molar-refractivity contribution in [3.8, 4) is 0 Å². The Morgan fingerprint density at radius 1 is 1.12 bits per heavy atom. The van der Waals surface area contributed by atoms with Crippen LogP contribution < -0.4 is 0 Å². The minimum Gasteiger partial charge on any atom is -0.481 e. The predicted octanol–water partition coefficient (Wildman–Crippen LogP) is 4.26. The van der Waals surface area contributed by atoms with Crippen molar-refractivity contribution in [2.24, 2.45) is 11.8 Å². The first-order valence-corrected chi connectivity index (χ1v) is 4.22. The molecule has 2 unspecified atom stereocenters. The second kappa shape index (κ2) is 14.1. The number of carbonyl (C=O) groups excluding carboxylic acids is 1. The number of hydrogen-bond donors (Lipinski definition) is 1. The number of ketones is 1. The standard InChI is InChI=1S/C9H16O3.4CH4/c1-4-8(9(11)12)5-6(2)7(3)10;;;;/h6,8H,4-5H2,1-3H3,(H,11,12);4*1H4. The molecule has 1 N–H and O–H groups in total. The Balaban J connectivity index is -0.000000101. The van der Waals surface area contributed by atoms with Crippen molar-refractivity contribution in [1.29, 1.82) is 0 Å². The quantitative estimate of drug-likeness (QED) is 0.776. The van der Waals surface area contributed by atoms with Crippen LogP contribution in [0.5, 0.6) is 0 Å². The molecule has 2 atom stereocenters. The summed E-state index contributed by atoms with van der Waals surface area (Å²) in [6, 6.07) is 0. The van der Waals surface area contributed by atoms with Crippen LogP contribution >= 0.6 is 0 Å². The number of hydrogen-bond acceptors (Lipinski definition) is 2. The number of carboxylic acid groups (broad SMARTS) is 1. The molecule has 3 nitrogen and oxygen atoms in total. The Labute approximate surface area is 102 Å². The Morgan fingerprint density at radius 3 is 1.69 bits per heavy atom. The van der Waals surface area contributed by atoms with Crippen LogP contribution in [0.2, 0.25) is 0 Å². The van der Waals surface area contributed by atoms with E-state index in [1.165, 1.54) is 6.92 Å². The molecule has 0 aromatic heterocycles. The van der Waals surface area contributed by atoms with Crippen LogP contribution in [0.25, 0.3) is 0 Å². The van der Waals surface area contributed by atoms with E-state index in [2.05, 4.69) is 0 Å². The fourth-order valence-corrected chi connectivity index (χ4v) is 1.03. The Bertz CT molecular complexity index is 176. The average molecular weight is 236 g/mol. The van der Waals surface area contributed by atoms with Gasteiger partial charge in [-0.05, 0) is 19.8 Å². The number of Topliss-reactive ketones (excluding diaryl/α,β-unsaturated/α-hetero) is 1. The lowest BCUT2D eigenvalue weighted by atomic mass is 9.92. The maximum Gasteiger partial charge on any atom is 0.306 e. The van der Waals surface area contributed by atoms with Crippen LogP contribution in [0.15, 0.2) is 0 Å². The molecule has 3 heteroatoms.